The van der Waals surface area contributed by atoms with E-state index in [-0.39, 0.29) is 11.4 Å². The van der Waals surface area contributed by atoms with Gasteiger partial charge in [0.05, 0.1) is 0 Å². The van der Waals surface area contributed by atoms with Crippen molar-refractivity contribution in [1.82, 2.24) is 0 Å². The van der Waals surface area contributed by atoms with Crippen LogP contribution in [0.5, 0.6) is 11.5 Å². The van der Waals surface area contributed by atoms with Gasteiger partial charge in [0.15, 0.2) is 11.5 Å². The summed E-state index contributed by atoms with van der Waals surface area (Å²) >= 11 is 0. The van der Waals surface area contributed by atoms with Gasteiger partial charge in [-0.1, -0.05) is 0 Å². The van der Waals surface area contributed by atoms with Crippen LogP contribution in [0.25, 0.3) is 0 Å². The number of phenolic OH excluding ortho intramolecular Hbond substituents is 1. The Labute approximate surface area is 82.3 Å². The van der Waals surface area contributed by atoms with Crippen LogP contribution < -0.4 is 4.74 Å². The Morgan fingerprint density at radius 1 is 1.43 bits per heavy atom. The second kappa shape index (κ2) is 2.87. The second-order valence-corrected chi connectivity index (χ2v) is 4.27. The quantitative estimate of drug-likeness (QED) is 0.691. The Morgan fingerprint density at radius 2 is 2.14 bits per heavy atom. The molecule has 0 spiro atoms. The molecule has 1 N–H and O–H groups in total. The standard InChI is InChI=1S/C11H13FO2/c1-11(2)4-3-7-5-8(12)6-9(13)10(7)14-11/h5-6,13H,3-4H2,1-2H3. The van der Waals surface area contributed by atoms with E-state index in [1.807, 2.05) is 13.8 Å². The Kier molecular flexibility index (Phi) is 1.91. The number of hydrogen-bond acceptors (Lipinski definition) is 2. The van der Waals surface area contributed by atoms with Gasteiger partial charge in [-0.3, -0.25) is 0 Å². The van der Waals surface area contributed by atoms with E-state index < -0.39 is 5.82 Å². The topological polar surface area (TPSA) is 29.5 Å². The summed E-state index contributed by atoms with van der Waals surface area (Å²) in [4.78, 5) is 0. The molecule has 0 atom stereocenters. The molecule has 76 valence electrons. The Morgan fingerprint density at radius 3 is 2.86 bits per heavy atom. The van der Waals surface area contributed by atoms with Gasteiger partial charge in [-0.15, -0.1) is 0 Å². The molecule has 0 saturated heterocycles. The summed E-state index contributed by atoms with van der Waals surface area (Å²) in [5.74, 6) is -0.0834. The summed E-state index contributed by atoms with van der Waals surface area (Å²) in [7, 11) is 0. The lowest BCUT2D eigenvalue weighted by molar-refractivity contribution is 0.0803. The maximum atomic E-state index is 12.9. The highest BCUT2D eigenvalue weighted by molar-refractivity contribution is 5.47. The number of halogens is 1. The fourth-order valence-corrected chi connectivity index (χ4v) is 1.70. The van der Waals surface area contributed by atoms with Gasteiger partial charge in [-0.2, -0.15) is 0 Å². The zero-order chi connectivity index (χ0) is 10.3. The van der Waals surface area contributed by atoms with Crippen LogP contribution >= 0.6 is 0 Å². The van der Waals surface area contributed by atoms with Crippen LogP contribution in [0.3, 0.4) is 0 Å². The normalized spacial score (nSPS) is 18.5. The van der Waals surface area contributed by atoms with E-state index in [0.29, 0.717) is 5.75 Å². The van der Waals surface area contributed by atoms with Crippen LogP contribution in [0.15, 0.2) is 12.1 Å². The predicted molar refractivity (Wildman–Crippen MR) is 51.1 cm³/mol. The molecule has 0 aliphatic carbocycles. The fourth-order valence-electron chi connectivity index (χ4n) is 1.70. The number of benzene rings is 1. The van der Waals surface area contributed by atoms with Crippen molar-refractivity contribution < 1.29 is 14.2 Å². The molecule has 0 radical (unpaired) electrons. The summed E-state index contributed by atoms with van der Waals surface area (Å²) in [5.41, 5.74) is 0.476. The van der Waals surface area contributed by atoms with Crippen molar-refractivity contribution >= 4 is 0 Å². The first-order valence-electron chi connectivity index (χ1n) is 4.68. The molecule has 1 heterocycles. The van der Waals surface area contributed by atoms with E-state index >= 15 is 0 Å². The van der Waals surface area contributed by atoms with Gasteiger partial charge in [0.1, 0.15) is 11.4 Å². The van der Waals surface area contributed by atoms with Crippen LogP contribution in [0.1, 0.15) is 25.8 Å². The van der Waals surface area contributed by atoms with Crippen molar-refractivity contribution in [2.24, 2.45) is 0 Å². The molecule has 0 unspecified atom stereocenters. The van der Waals surface area contributed by atoms with Crippen molar-refractivity contribution in [2.75, 3.05) is 0 Å². The molecule has 0 fully saturated rings. The number of ether oxygens (including phenoxy) is 1. The highest BCUT2D eigenvalue weighted by Gasteiger charge is 2.28. The van der Waals surface area contributed by atoms with E-state index in [1.165, 1.54) is 6.07 Å². The van der Waals surface area contributed by atoms with Crippen molar-refractivity contribution in [3.8, 4) is 11.5 Å². The fraction of sp³-hybridized carbons (Fsp3) is 0.455. The van der Waals surface area contributed by atoms with E-state index in [9.17, 15) is 9.50 Å². The maximum Gasteiger partial charge on any atom is 0.165 e. The van der Waals surface area contributed by atoms with Crippen LogP contribution in [-0.2, 0) is 6.42 Å². The zero-order valence-corrected chi connectivity index (χ0v) is 8.30. The minimum absolute atomic E-state index is 0.104. The van der Waals surface area contributed by atoms with Crippen molar-refractivity contribution in [3.05, 3.63) is 23.5 Å². The summed E-state index contributed by atoms with van der Waals surface area (Å²) < 4.78 is 18.5. The maximum absolute atomic E-state index is 12.9. The molecule has 14 heavy (non-hydrogen) atoms. The first kappa shape index (κ1) is 9.31. The van der Waals surface area contributed by atoms with E-state index in [2.05, 4.69) is 0 Å². The third-order valence-electron chi connectivity index (χ3n) is 2.49. The monoisotopic (exact) mass is 196 g/mol. The average molecular weight is 196 g/mol. The molecule has 0 saturated carbocycles. The molecule has 1 aliphatic heterocycles. The first-order valence-corrected chi connectivity index (χ1v) is 4.68. The van der Waals surface area contributed by atoms with Crippen LogP contribution in [0.4, 0.5) is 4.39 Å². The SMILES string of the molecule is CC1(C)CCc2cc(F)cc(O)c2O1. The minimum atomic E-state index is -0.412. The number of rotatable bonds is 0. The van der Waals surface area contributed by atoms with Crippen molar-refractivity contribution in [2.45, 2.75) is 32.3 Å². The number of aryl methyl sites for hydroxylation is 1. The van der Waals surface area contributed by atoms with Crippen molar-refractivity contribution in [1.29, 1.82) is 0 Å². The van der Waals surface area contributed by atoms with E-state index in [4.69, 9.17) is 4.74 Å². The minimum Gasteiger partial charge on any atom is -0.504 e. The van der Waals surface area contributed by atoms with E-state index in [1.54, 1.807) is 0 Å². The molecule has 1 aromatic rings. The smallest absolute Gasteiger partial charge is 0.165 e. The lowest BCUT2D eigenvalue weighted by atomic mass is 9.94. The molecular formula is C11H13FO2. The largest absolute Gasteiger partial charge is 0.504 e. The van der Waals surface area contributed by atoms with Gasteiger partial charge < -0.3 is 9.84 Å². The summed E-state index contributed by atoms with van der Waals surface area (Å²) in [5, 5.41) is 9.50. The van der Waals surface area contributed by atoms with Gasteiger partial charge in [-0.25, -0.2) is 4.39 Å². The zero-order valence-electron chi connectivity index (χ0n) is 8.30. The Bertz CT molecular complexity index is 372. The summed E-state index contributed by atoms with van der Waals surface area (Å²) in [6.45, 7) is 3.91. The number of hydrogen-bond donors (Lipinski definition) is 1. The summed E-state index contributed by atoms with van der Waals surface area (Å²) in [6, 6.07) is 2.50. The first-order chi connectivity index (χ1) is 6.48. The lowest BCUT2D eigenvalue weighted by Gasteiger charge is -2.32. The number of aromatic hydroxyl groups is 1. The molecular weight excluding hydrogens is 183 g/mol. The summed E-state index contributed by atoms with van der Waals surface area (Å²) in [6.07, 6.45) is 1.58. The predicted octanol–water partition coefficient (Wildman–Crippen LogP) is 2.63. The van der Waals surface area contributed by atoms with Gasteiger partial charge in [0.25, 0.3) is 0 Å². The molecule has 1 aliphatic rings. The molecule has 2 rings (SSSR count). The average Bonchev–Trinajstić information content (AvgIpc) is 2.06. The van der Waals surface area contributed by atoms with Crippen molar-refractivity contribution in [3.63, 3.8) is 0 Å². The van der Waals surface area contributed by atoms with E-state index in [0.717, 1.165) is 24.5 Å². The molecule has 0 amide bonds. The van der Waals surface area contributed by atoms with Gasteiger partial charge >= 0.3 is 0 Å². The molecule has 3 heteroatoms. The van der Waals surface area contributed by atoms with Crippen LogP contribution in [0.2, 0.25) is 0 Å². The third kappa shape index (κ3) is 1.54. The molecule has 0 aromatic heterocycles. The lowest BCUT2D eigenvalue weighted by Crippen LogP contribution is -2.32. The van der Waals surface area contributed by atoms with Crippen LogP contribution in [0, 0.1) is 5.82 Å². The second-order valence-electron chi connectivity index (χ2n) is 4.27. The molecule has 1 aromatic carbocycles. The third-order valence-corrected chi connectivity index (χ3v) is 2.49. The molecule has 0 bridgehead atoms. The van der Waals surface area contributed by atoms with Gasteiger partial charge in [-0.05, 0) is 32.8 Å². The molecule has 2 nitrogen and oxygen atoms in total. The van der Waals surface area contributed by atoms with Gasteiger partial charge in [0, 0.05) is 11.6 Å². The highest BCUT2D eigenvalue weighted by Crippen LogP contribution is 2.39. The highest BCUT2D eigenvalue weighted by atomic mass is 19.1. The van der Waals surface area contributed by atoms with Gasteiger partial charge in [0.2, 0.25) is 0 Å². The Balaban J connectivity index is 2.47. The number of fused-ring (bicyclic) bond motifs is 1. The number of phenols is 1. The Hall–Kier alpha value is -1.25. The van der Waals surface area contributed by atoms with Crippen LogP contribution in [-0.4, -0.2) is 10.7 Å².